The van der Waals surface area contributed by atoms with Gasteiger partial charge in [0.05, 0.1) is 5.56 Å². The molecule has 2 aromatic carbocycles. The molecule has 2 aromatic rings. The van der Waals surface area contributed by atoms with E-state index < -0.39 is 0 Å². The molecule has 126 valence electrons. The van der Waals surface area contributed by atoms with E-state index in [4.69, 9.17) is 5.73 Å². The molecule has 4 nitrogen and oxygen atoms in total. The van der Waals surface area contributed by atoms with Gasteiger partial charge in [0.15, 0.2) is 5.78 Å². The molecule has 0 bridgehead atoms. The number of hydrogen-bond donors (Lipinski definition) is 2. The predicted octanol–water partition coefficient (Wildman–Crippen LogP) is 3.00. The van der Waals surface area contributed by atoms with E-state index >= 15 is 0 Å². The molecule has 2 rings (SSSR count). The largest absolute Gasteiger partial charge is 0.352 e. The van der Waals surface area contributed by atoms with Gasteiger partial charge in [-0.05, 0) is 56.5 Å². The molecule has 0 heterocycles. The first-order chi connectivity index (χ1) is 11.5. The van der Waals surface area contributed by atoms with Crippen molar-refractivity contribution in [1.82, 2.24) is 5.32 Å². The summed E-state index contributed by atoms with van der Waals surface area (Å²) in [6.45, 7) is 5.15. The Morgan fingerprint density at radius 2 is 1.67 bits per heavy atom. The second-order valence-corrected chi connectivity index (χ2v) is 5.93. The van der Waals surface area contributed by atoms with Gasteiger partial charge in [0.1, 0.15) is 0 Å². The average Bonchev–Trinajstić information content (AvgIpc) is 2.60. The van der Waals surface area contributed by atoms with E-state index in [0.29, 0.717) is 29.8 Å². The zero-order valence-electron chi connectivity index (χ0n) is 14.3. The van der Waals surface area contributed by atoms with Crippen molar-refractivity contribution in [3.05, 3.63) is 70.3 Å². The number of unbranched alkanes of at least 4 members (excludes halogenated alkanes) is 1. The third-order valence-corrected chi connectivity index (χ3v) is 4.10. The first-order valence-corrected chi connectivity index (χ1v) is 8.24. The summed E-state index contributed by atoms with van der Waals surface area (Å²) in [5, 5.41) is 2.85. The molecule has 0 aliphatic rings. The Balaban J connectivity index is 2.22. The summed E-state index contributed by atoms with van der Waals surface area (Å²) in [6.07, 6.45) is 1.69. The average molecular weight is 324 g/mol. The number of rotatable bonds is 7. The standard InChI is InChI=1S/C20H24N2O2/c1-14-9-10-16(13-15(14)2)19(23)17-7-3-4-8-18(17)20(24)22-12-6-5-11-21/h3-4,7-10,13H,5-6,11-12,21H2,1-2H3,(H,22,24). The van der Waals surface area contributed by atoms with Gasteiger partial charge in [0, 0.05) is 17.7 Å². The lowest BCUT2D eigenvalue weighted by Crippen LogP contribution is -2.26. The fraction of sp³-hybridized carbons (Fsp3) is 0.300. The van der Waals surface area contributed by atoms with Gasteiger partial charge >= 0.3 is 0 Å². The first kappa shape index (κ1) is 17.9. The van der Waals surface area contributed by atoms with Gasteiger partial charge in [-0.3, -0.25) is 9.59 Å². The molecule has 24 heavy (non-hydrogen) atoms. The SMILES string of the molecule is Cc1ccc(C(=O)c2ccccc2C(=O)NCCCCN)cc1C. The van der Waals surface area contributed by atoms with Crippen LogP contribution < -0.4 is 11.1 Å². The normalized spacial score (nSPS) is 10.5. The van der Waals surface area contributed by atoms with Gasteiger partial charge in [0.25, 0.3) is 5.91 Å². The van der Waals surface area contributed by atoms with E-state index in [1.807, 2.05) is 26.0 Å². The van der Waals surface area contributed by atoms with E-state index in [2.05, 4.69) is 5.32 Å². The van der Waals surface area contributed by atoms with Gasteiger partial charge < -0.3 is 11.1 Å². The molecule has 0 saturated carbocycles. The zero-order valence-corrected chi connectivity index (χ0v) is 14.3. The lowest BCUT2D eigenvalue weighted by Gasteiger charge is -2.10. The lowest BCUT2D eigenvalue weighted by molar-refractivity contribution is 0.0941. The Hall–Kier alpha value is -2.46. The highest BCUT2D eigenvalue weighted by molar-refractivity contribution is 6.15. The molecule has 0 spiro atoms. The highest BCUT2D eigenvalue weighted by atomic mass is 16.2. The summed E-state index contributed by atoms with van der Waals surface area (Å²) >= 11 is 0. The Morgan fingerprint density at radius 1 is 0.958 bits per heavy atom. The summed E-state index contributed by atoms with van der Waals surface area (Å²) in [6, 6.07) is 12.5. The van der Waals surface area contributed by atoms with Gasteiger partial charge in [-0.25, -0.2) is 0 Å². The van der Waals surface area contributed by atoms with Gasteiger partial charge in [-0.1, -0.05) is 30.3 Å². The highest BCUT2D eigenvalue weighted by Crippen LogP contribution is 2.17. The van der Waals surface area contributed by atoms with Gasteiger partial charge in [-0.2, -0.15) is 0 Å². The maximum Gasteiger partial charge on any atom is 0.252 e. The molecule has 0 aliphatic carbocycles. The molecule has 0 atom stereocenters. The summed E-state index contributed by atoms with van der Waals surface area (Å²) in [4.78, 5) is 25.2. The van der Waals surface area contributed by atoms with Crippen molar-refractivity contribution in [3.8, 4) is 0 Å². The van der Waals surface area contributed by atoms with E-state index in [0.717, 1.165) is 24.0 Å². The van der Waals surface area contributed by atoms with Crippen LogP contribution in [0.5, 0.6) is 0 Å². The number of ketones is 1. The monoisotopic (exact) mass is 324 g/mol. The molecule has 1 amide bonds. The molecule has 0 unspecified atom stereocenters. The minimum Gasteiger partial charge on any atom is -0.352 e. The third-order valence-electron chi connectivity index (χ3n) is 4.10. The molecular formula is C20H24N2O2. The minimum atomic E-state index is -0.222. The summed E-state index contributed by atoms with van der Waals surface area (Å²) in [5.41, 5.74) is 9.08. The van der Waals surface area contributed by atoms with Crippen molar-refractivity contribution in [3.63, 3.8) is 0 Å². The van der Waals surface area contributed by atoms with Gasteiger partial charge in [0.2, 0.25) is 0 Å². The fourth-order valence-electron chi connectivity index (χ4n) is 2.48. The molecule has 0 aromatic heterocycles. The number of amides is 1. The molecule has 0 radical (unpaired) electrons. The van der Waals surface area contributed by atoms with Crippen LogP contribution in [-0.2, 0) is 0 Å². The third kappa shape index (κ3) is 4.30. The fourth-order valence-corrected chi connectivity index (χ4v) is 2.48. The maximum atomic E-state index is 12.8. The maximum absolute atomic E-state index is 12.8. The smallest absolute Gasteiger partial charge is 0.252 e. The zero-order chi connectivity index (χ0) is 17.5. The van der Waals surface area contributed by atoms with E-state index in [-0.39, 0.29) is 11.7 Å². The van der Waals surface area contributed by atoms with Crippen LogP contribution in [0.15, 0.2) is 42.5 Å². The van der Waals surface area contributed by atoms with Crippen LogP contribution in [-0.4, -0.2) is 24.8 Å². The number of nitrogens with two attached hydrogens (primary N) is 1. The summed E-state index contributed by atoms with van der Waals surface area (Å²) in [7, 11) is 0. The Labute approximate surface area is 143 Å². The van der Waals surface area contributed by atoms with Crippen molar-refractivity contribution >= 4 is 11.7 Å². The number of carbonyl (C=O) groups excluding carboxylic acids is 2. The first-order valence-electron chi connectivity index (χ1n) is 8.24. The second-order valence-electron chi connectivity index (χ2n) is 5.93. The van der Waals surface area contributed by atoms with Crippen molar-refractivity contribution in [1.29, 1.82) is 0 Å². The number of aryl methyl sites for hydroxylation is 2. The van der Waals surface area contributed by atoms with Crippen LogP contribution in [0.25, 0.3) is 0 Å². The van der Waals surface area contributed by atoms with Crippen molar-refractivity contribution < 1.29 is 9.59 Å². The number of hydrogen-bond acceptors (Lipinski definition) is 3. The molecule has 4 heteroatoms. The van der Waals surface area contributed by atoms with Crippen LogP contribution >= 0.6 is 0 Å². The molecule has 0 fully saturated rings. The minimum absolute atomic E-state index is 0.134. The Bertz CT molecular complexity index is 738. The topological polar surface area (TPSA) is 72.2 Å². The van der Waals surface area contributed by atoms with Crippen LogP contribution in [0.2, 0.25) is 0 Å². The van der Waals surface area contributed by atoms with Crippen molar-refractivity contribution in [2.24, 2.45) is 5.73 Å². The van der Waals surface area contributed by atoms with Gasteiger partial charge in [-0.15, -0.1) is 0 Å². The van der Waals surface area contributed by atoms with Crippen LogP contribution in [0.4, 0.5) is 0 Å². The molecule has 3 N–H and O–H groups in total. The number of benzene rings is 2. The summed E-state index contributed by atoms with van der Waals surface area (Å²) < 4.78 is 0. The van der Waals surface area contributed by atoms with Crippen molar-refractivity contribution in [2.75, 3.05) is 13.1 Å². The predicted molar refractivity (Wildman–Crippen MR) is 96.4 cm³/mol. The molecular weight excluding hydrogens is 300 g/mol. The molecule has 0 aliphatic heterocycles. The number of nitrogens with one attached hydrogen (secondary N) is 1. The van der Waals surface area contributed by atoms with E-state index in [1.165, 1.54) is 0 Å². The Kier molecular flexibility index (Phi) is 6.27. The lowest BCUT2D eigenvalue weighted by atomic mass is 9.95. The van der Waals surface area contributed by atoms with Crippen LogP contribution in [0.1, 0.15) is 50.2 Å². The van der Waals surface area contributed by atoms with Crippen LogP contribution in [0.3, 0.4) is 0 Å². The molecule has 0 saturated heterocycles. The number of carbonyl (C=O) groups is 2. The van der Waals surface area contributed by atoms with E-state index in [1.54, 1.807) is 30.3 Å². The van der Waals surface area contributed by atoms with E-state index in [9.17, 15) is 9.59 Å². The Morgan fingerprint density at radius 3 is 2.33 bits per heavy atom. The summed E-state index contributed by atoms with van der Waals surface area (Å²) in [5.74, 6) is -0.356. The quantitative estimate of drug-likeness (QED) is 0.607. The van der Waals surface area contributed by atoms with Crippen LogP contribution in [0, 0.1) is 13.8 Å². The highest BCUT2D eigenvalue weighted by Gasteiger charge is 2.18. The second kappa shape index (κ2) is 8.41. The van der Waals surface area contributed by atoms with Crippen molar-refractivity contribution in [2.45, 2.75) is 26.7 Å².